The molecule has 1 aromatic carbocycles. The van der Waals surface area contributed by atoms with E-state index in [1.165, 1.54) is 10.3 Å². The zero-order chi connectivity index (χ0) is 12.4. The van der Waals surface area contributed by atoms with Gasteiger partial charge in [0.15, 0.2) is 0 Å². The average molecular weight is 255 g/mol. The number of rotatable bonds is 4. The van der Waals surface area contributed by atoms with E-state index < -0.39 is 0 Å². The first kappa shape index (κ1) is 11.2. The van der Waals surface area contributed by atoms with Crippen LogP contribution >= 0.6 is 11.3 Å². The summed E-state index contributed by atoms with van der Waals surface area (Å²) in [6.45, 7) is 0.951. The van der Waals surface area contributed by atoms with Gasteiger partial charge in [-0.1, -0.05) is 18.2 Å². The van der Waals surface area contributed by atoms with Gasteiger partial charge >= 0.3 is 0 Å². The summed E-state index contributed by atoms with van der Waals surface area (Å²) in [6.07, 6.45) is 4.02. The fourth-order valence-electron chi connectivity index (χ4n) is 2.15. The van der Waals surface area contributed by atoms with Crippen LogP contribution in [0, 0.1) is 0 Å². The number of aryl methyl sites for hydroxylation is 2. The van der Waals surface area contributed by atoms with Crippen LogP contribution in [0.3, 0.4) is 0 Å². The fourth-order valence-corrected chi connectivity index (χ4v) is 2.85. The molecule has 0 fully saturated rings. The molecule has 0 saturated carbocycles. The summed E-state index contributed by atoms with van der Waals surface area (Å²) in [7, 11) is 0. The number of carbonyl (C=O) groups is 1. The van der Waals surface area contributed by atoms with Crippen LogP contribution in [0.25, 0.3) is 10.9 Å². The van der Waals surface area contributed by atoms with E-state index in [2.05, 4.69) is 34.3 Å². The molecule has 0 spiro atoms. The van der Waals surface area contributed by atoms with Gasteiger partial charge in [-0.25, -0.2) is 0 Å². The summed E-state index contributed by atoms with van der Waals surface area (Å²) < 4.78 is 2.21. The minimum atomic E-state index is 0.735. The number of aromatic nitrogens is 1. The smallest absolute Gasteiger partial charge is 0.150 e. The molecule has 0 N–H and O–H groups in total. The summed E-state index contributed by atoms with van der Waals surface area (Å²) in [5.41, 5.74) is 1.87. The predicted octanol–water partition coefficient (Wildman–Crippen LogP) is 3.76. The van der Waals surface area contributed by atoms with Crippen LogP contribution in [-0.2, 0) is 13.0 Å². The lowest BCUT2D eigenvalue weighted by Gasteiger charge is -2.04. The van der Waals surface area contributed by atoms with Gasteiger partial charge < -0.3 is 4.57 Å². The van der Waals surface area contributed by atoms with Crippen LogP contribution in [0.4, 0.5) is 0 Å². The lowest BCUT2D eigenvalue weighted by atomic mass is 10.2. The minimum absolute atomic E-state index is 0.735. The number of nitrogens with zero attached hydrogens (tertiary/aromatic N) is 1. The lowest BCUT2D eigenvalue weighted by molar-refractivity contribution is 0.112. The van der Waals surface area contributed by atoms with Gasteiger partial charge in [-0.2, -0.15) is 0 Å². The Morgan fingerprint density at radius 2 is 2.17 bits per heavy atom. The molecule has 0 aliphatic heterocycles. The first-order chi connectivity index (χ1) is 8.86. The predicted molar refractivity (Wildman–Crippen MR) is 75.3 cm³/mol. The number of fused-ring (bicyclic) bond motifs is 1. The van der Waals surface area contributed by atoms with Gasteiger partial charge in [0.1, 0.15) is 6.29 Å². The van der Waals surface area contributed by atoms with E-state index in [0.29, 0.717) is 0 Å². The van der Waals surface area contributed by atoms with Crippen molar-refractivity contribution < 1.29 is 4.79 Å². The second-order valence-electron chi connectivity index (χ2n) is 4.27. The van der Waals surface area contributed by atoms with E-state index in [1.54, 1.807) is 11.3 Å². The molecule has 3 rings (SSSR count). The van der Waals surface area contributed by atoms with Crippen molar-refractivity contribution >= 4 is 28.5 Å². The quantitative estimate of drug-likeness (QED) is 0.651. The topological polar surface area (TPSA) is 22.0 Å². The van der Waals surface area contributed by atoms with Gasteiger partial charge in [-0.15, -0.1) is 11.3 Å². The van der Waals surface area contributed by atoms with E-state index in [9.17, 15) is 4.79 Å². The summed E-state index contributed by atoms with van der Waals surface area (Å²) in [4.78, 5) is 12.2. The third kappa shape index (κ3) is 2.09. The van der Waals surface area contributed by atoms with E-state index >= 15 is 0 Å². The molecular weight excluding hydrogens is 242 g/mol. The molecule has 2 heterocycles. The molecule has 3 heteroatoms. The zero-order valence-electron chi connectivity index (χ0n) is 9.87. The molecule has 0 saturated heterocycles. The second-order valence-corrected chi connectivity index (χ2v) is 5.31. The number of thiophene rings is 1. The molecule has 0 unspecified atom stereocenters. The van der Waals surface area contributed by atoms with Gasteiger partial charge in [0.25, 0.3) is 0 Å². The van der Waals surface area contributed by atoms with E-state index in [0.717, 1.165) is 30.3 Å². The number of hydrogen-bond donors (Lipinski definition) is 0. The molecule has 0 aliphatic rings. The Hall–Kier alpha value is -1.87. The van der Waals surface area contributed by atoms with E-state index in [4.69, 9.17) is 0 Å². The number of carbonyl (C=O) groups excluding carboxylic acids is 1. The highest BCUT2D eigenvalue weighted by Gasteiger charge is 2.03. The Morgan fingerprint density at radius 1 is 1.22 bits per heavy atom. The monoisotopic (exact) mass is 255 g/mol. The molecule has 0 radical (unpaired) electrons. The molecule has 18 heavy (non-hydrogen) atoms. The third-order valence-electron chi connectivity index (χ3n) is 3.11. The van der Waals surface area contributed by atoms with Crippen LogP contribution in [0.5, 0.6) is 0 Å². The number of benzene rings is 1. The van der Waals surface area contributed by atoms with Crippen molar-refractivity contribution in [3.05, 3.63) is 58.4 Å². The zero-order valence-corrected chi connectivity index (χ0v) is 10.7. The lowest BCUT2D eigenvalue weighted by Crippen LogP contribution is -1.98. The maximum absolute atomic E-state index is 10.8. The van der Waals surface area contributed by atoms with Crippen LogP contribution in [0.15, 0.2) is 48.0 Å². The Bertz CT molecular complexity index is 667. The molecule has 0 amide bonds. The molecule has 0 aliphatic carbocycles. The van der Waals surface area contributed by atoms with Gasteiger partial charge in [-0.3, -0.25) is 4.79 Å². The largest absolute Gasteiger partial charge is 0.347 e. The minimum Gasteiger partial charge on any atom is -0.347 e. The maximum Gasteiger partial charge on any atom is 0.150 e. The SMILES string of the molecule is O=Cc1ccc2ccn(CCc3cccs3)c2c1. The first-order valence-corrected chi connectivity index (χ1v) is 6.81. The second kappa shape index (κ2) is 4.78. The van der Waals surface area contributed by atoms with E-state index in [1.807, 2.05) is 18.2 Å². The molecular formula is C15H13NOS. The fraction of sp³-hybridized carbons (Fsp3) is 0.133. The van der Waals surface area contributed by atoms with Crippen molar-refractivity contribution in [2.24, 2.45) is 0 Å². The van der Waals surface area contributed by atoms with Crippen molar-refractivity contribution in [1.82, 2.24) is 4.57 Å². The standard InChI is InChI=1S/C15H13NOS/c17-11-12-3-4-13-5-7-16(15(13)10-12)8-6-14-2-1-9-18-14/h1-5,7,9-11H,6,8H2. The van der Waals surface area contributed by atoms with Crippen molar-refractivity contribution in [2.45, 2.75) is 13.0 Å². The van der Waals surface area contributed by atoms with Gasteiger partial charge in [0.05, 0.1) is 0 Å². The number of hydrogen-bond acceptors (Lipinski definition) is 2. The maximum atomic E-state index is 10.8. The van der Waals surface area contributed by atoms with Crippen molar-refractivity contribution in [3.63, 3.8) is 0 Å². The van der Waals surface area contributed by atoms with Crippen LogP contribution in [0.1, 0.15) is 15.2 Å². The molecule has 2 nitrogen and oxygen atoms in total. The molecule has 0 bridgehead atoms. The van der Waals surface area contributed by atoms with Gasteiger partial charge in [0, 0.05) is 28.7 Å². The third-order valence-corrected chi connectivity index (χ3v) is 4.05. The van der Waals surface area contributed by atoms with Crippen LogP contribution < -0.4 is 0 Å². The summed E-state index contributed by atoms with van der Waals surface area (Å²) >= 11 is 1.79. The molecule has 0 atom stereocenters. The highest BCUT2D eigenvalue weighted by molar-refractivity contribution is 7.09. The summed E-state index contributed by atoms with van der Waals surface area (Å²) in [6, 6.07) is 12.2. The van der Waals surface area contributed by atoms with Crippen molar-refractivity contribution in [2.75, 3.05) is 0 Å². The average Bonchev–Trinajstić information content (AvgIpc) is 3.05. The molecule has 2 aromatic heterocycles. The Balaban J connectivity index is 1.89. The van der Waals surface area contributed by atoms with E-state index in [-0.39, 0.29) is 0 Å². The normalized spacial score (nSPS) is 10.9. The summed E-state index contributed by atoms with van der Waals surface area (Å²) in [5.74, 6) is 0. The van der Waals surface area contributed by atoms with Crippen molar-refractivity contribution in [1.29, 1.82) is 0 Å². The van der Waals surface area contributed by atoms with Gasteiger partial charge in [0.2, 0.25) is 0 Å². The Morgan fingerprint density at radius 3 is 2.94 bits per heavy atom. The first-order valence-electron chi connectivity index (χ1n) is 5.93. The highest BCUT2D eigenvalue weighted by atomic mass is 32.1. The summed E-state index contributed by atoms with van der Waals surface area (Å²) in [5, 5.41) is 3.29. The molecule has 90 valence electrons. The van der Waals surface area contributed by atoms with Crippen LogP contribution in [0.2, 0.25) is 0 Å². The van der Waals surface area contributed by atoms with Crippen molar-refractivity contribution in [3.8, 4) is 0 Å². The Labute approximate surface area is 109 Å². The molecule has 3 aromatic rings. The van der Waals surface area contributed by atoms with Gasteiger partial charge in [-0.05, 0) is 35.4 Å². The van der Waals surface area contributed by atoms with Crippen LogP contribution in [-0.4, -0.2) is 10.9 Å². The highest BCUT2D eigenvalue weighted by Crippen LogP contribution is 2.18. The Kier molecular flexibility index (Phi) is 2.99. The number of aldehydes is 1.